The summed E-state index contributed by atoms with van der Waals surface area (Å²) in [4.78, 5) is 15.6. The van der Waals surface area contributed by atoms with Crippen LogP contribution in [0.3, 0.4) is 0 Å². The quantitative estimate of drug-likeness (QED) is 0.648. The Morgan fingerprint density at radius 2 is 1.96 bits per heavy atom. The molecule has 2 aromatic rings. The van der Waals surface area contributed by atoms with Crippen molar-refractivity contribution in [2.45, 2.75) is 12.8 Å². The molecule has 0 saturated heterocycles. The van der Waals surface area contributed by atoms with Crippen LogP contribution in [0.5, 0.6) is 0 Å². The predicted molar refractivity (Wildman–Crippen MR) is 93.4 cm³/mol. The van der Waals surface area contributed by atoms with Crippen LogP contribution in [0.4, 0.5) is 4.39 Å². The summed E-state index contributed by atoms with van der Waals surface area (Å²) in [5.74, 6) is -1.30. The van der Waals surface area contributed by atoms with Crippen molar-refractivity contribution in [3.8, 4) is 0 Å². The third-order valence-corrected chi connectivity index (χ3v) is 4.17. The van der Waals surface area contributed by atoms with Gasteiger partial charge in [-0.15, -0.1) is 0 Å². The van der Waals surface area contributed by atoms with Crippen molar-refractivity contribution in [3.63, 3.8) is 0 Å². The highest BCUT2D eigenvalue weighted by molar-refractivity contribution is 6.31. The monoisotopic (exact) mass is 343 g/mol. The van der Waals surface area contributed by atoms with E-state index in [1.54, 1.807) is 24.3 Å². The Morgan fingerprint density at radius 3 is 2.71 bits per heavy atom. The van der Waals surface area contributed by atoms with E-state index in [-0.39, 0.29) is 11.0 Å². The summed E-state index contributed by atoms with van der Waals surface area (Å²) >= 11 is 5.90. The molecule has 1 aliphatic carbocycles. The molecule has 0 unspecified atom stereocenters. The number of benzene rings is 2. The average Bonchev–Trinajstić information content (AvgIpc) is 2.56. The van der Waals surface area contributed by atoms with Crippen molar-refractivity contribution in [2.24, 2.45) is 16.5 Å². The van der Waals surface area contributed by atoms with E-state index >= 15 is 0 Å². The van der Waals surface area contributed by atoms with Gasteiger partial charge in [0, 0.05) is 11.1 Å². The topological polar surface area (TPSA) is 81.5 Å². The van der Waals surface area contributed by atoms with Crippen molar-refractivity contribution in [3.05, 3.63) is 75.6 Å². The molecule has 6 heteroatoms. The Labute approximate surface area is 143 Å². The lowest BCUT2D eigenvalue weighted by atomic mass is 9.85. The van der Waals surface area contributed by atoms with Gasteiger partial charge in [0.15, 0.2) is 5.96 Å². The Hall–Kier alpha value is -2.66. The van der Waals surface area contributed by atoms with Gasteiger partial charge in [0.05, 0.1) is 5.02 Å². The Kier molecular flexibility index (Phi) is 4.36. The number of nitrogens with two attached hydrogens (primary N) is 2. The van der Waals surface area contributed by atoms with Crippen LogP contribution in [0.15, 0.2) is 47.5 Å². The Bertz CT molecular complexity index is 886. The second-order valence-electron chi connectivity index (χ2n) is 5.47. The highest BCUT2D eigenvalue weighted by atomic mass is 35.5. The molecule has 4 N–H and O–H groups in total. The summed E-state index contributed by atoms with van der Waals surface area (Å²) in [6.07, 6.45) is 3.55. The Morgan fingerprint density at radius 1 is 1.17 bits per heavy atom. The predicted octanol–water partition coefficient (Wildman–Crippen LogP) is 3.27. The summed E-state index contributed by atoms with van der Waals surface area (Å²) in [7, 11) is 0. The highest BCUT2D eigenvalue weighted by Crippen LogP contribution is 2.35. The van der Waals surface area contributed by atoms with E-state index in [4.69, 9.17) is 23.1 Å². The van der Waals surface area contributed by atoms with Crippen LogP contribution in [0.25, 0.3) is 5.57 Å². The fraction of sp³-hybridized carbons (Fsp3) is 0.111. The molecule has 2 aromatic carbocycles. The van der Waals surface area contributed by atoms with Gasteiger partial charge in [0.2, 0.25) is 0 Å². The Balaban J connectivity index is 2.11. The van der Waals surface area contributed by atoms with Crippen molar-refractivity contribution < 1.29 is 9.18 Å². The molecule has 4 nitrogen and oxygen atoms in total. The number of aryl methyl sites for hydroxylation is 1. The molecular weight excluding hydrogens is 329 g/mol. The number of fused-ring (bicyclic) bond motifs is 1. The first kappa shape index (κ1) is 16.2. The van der Waals surface area contributed by atoms with Crippen LogP contribution in [-0.4, -0.2) is 11.9 Å². The zero-order valence-electron chi connectivity index (χ0n) is 12.7. The number of rotatable bonds is 2. The molecule has 0 bridgehead atoms. The van der Waals surface area contributed by atoms with E-state index in [1.165, 1.54) is 6.07 Å². The lowest BCUT2D eigenvalue weighted by Crippen LogP contribution is -2.24. The summed E-state index contributed by atoms with van der Waals surface area (Å²) < 4.78 is 14.4. The molecule has 0 atom stereocenters. The number of amides is 1. The van der Waals surface area contributed by atoms with Gasteiger partial charge < -0.3 is 11.5 Å². The minimum absolute atomic E-state index is 0.0632. The first-order valence-corrected chi connectivity index (χ1v) is 7.77. The molecule has 122 valence electrons. The van der Waals surface area contributed by atoms with E-state index in [0.29, 0.717) is 11.1 Å². The van der Waals surface area contributed by atoms with Crippen molar-refractivity contribution in [2.75, 3.05) is 0 Å². The van der Waals surface area contributed by atoms with Crippen LogP contribution in [0, 0.1) is 5.82 Å². The fourth-order valence-corrected chi connectivity index (χ4v) is 2.98. The number of carbonyl (C=O) groups is 1. The van der Waals surface area contributed by atoms with Gasteiger partial charge in [-0.25, -0.2) is 4.39 Å². The molecule has 0 spiro atoms. The molecule has 0 saturated carbocycles. The smallest absolute Gasteiger partial charge is 0.280 e. The number of hydrogen-bond acceptors (Lipinski definition) is 1. The van der Waals surface area contributed by atoms with Crippen LogP contribution in [0.2, 0.25) is 5.02 Å². The van der Waals surface area contributed by atoms with Crippen LogP contribution < -0.4 is 11.5 Å². The van der Waals surface area contributed by atoms with Crippen molar-refractivity contribution >= 4 is 29.0 Å². The molecule has 0 aliphatic heterocycles. The molecule has 24 heavy (non-hydrogen) atoms. The zero-order chi connectivity index (χ0) is 17.3. The lowest BCUT2D eigenvalue weighted by molar-refractivity contribution is 0.100. The SMILES string of the molecule is NC(N)=NC(=O)c1ccc2c(c1)C(c1cccc(Cl)c1F)=CCC2. The first-order valence-electron chi connectivity index (χ1n) is 7.39. The van der Waals surface area contributed by atoms with Gasteiger partial charge in [0.1, 0.15) is 5.82 Å². The van der Waals surface area contributed by atoms with E-state index in [2.05, 4.69) is 4.99 Å². The third kappa shape index (κ3) is 3.03. The molecule has 0 aromatic heterocycles. The number of halogens is 2. The number of hydrogen-bond donors (Lipinski definition) is 2. The minimum atomic E-state index is -0.533. The standard InChI is InChI=1S/C18H15ClFN3O/c19-15-6-2-5-13(16(15)20)12-4-1-3-10-7-8-11(9-14(10)12)17(24)23-18(21)22/h2,4-9H,1,3H2,(H4,21,22,23,24). The first-order chi connectivity index (χ1) is 11.5. The van der Waals surface area contributed by atoms with Gasteiger partial charge in [0.25, 0.3) is 5.91 Å². The van der Waals surface area contributed by atoms with Gasteiger partial charge in [-0.3, -0.25) is 4.79 Å². The molecular formula is C18H15ClFN3O. The van der Waals surface area contributed by atoms with E-state index in [0.717, 1.165) is 29.5 Å². The van der Waals surface area contributed by atoms with Crippen LogP contribution in [0.1, 0.15) is 33.5 Å². The largest absolute Gasteiger partial charge is 0.370 e. The molecule has 0 fully saturated rings. The van der Waals surface area contributed by atoms with E-state index in [9.17, 15) is 9.18 Å². The number of aliphatic imine (C=N–C) groups is 1. The van der Waals surface area contributed by atoms with E-state index < -0.39 is 11.7 Å². The average molecular weight is 344 g/mol. The second-order valence-corrected chi connectivity index (χ2v) is 5.88. The maximum atomic E-state index is 14.4. The number of carbonyl (C=O) groups excluding carboxylic acids is 1. The molecule has 0 heterocycles. The van der Waals surface area contributed by atoms with Gasteiger partial charge in [-0.05, 0) is 47.7 Å². The van der Waals surface area contributed by atoms with Crippen molar-refractivity contribution in [1.29, 1.82) is 0 Å². The molecule has 1 amide bonds. The summed E-state index contributed by atoms with van der Waals surface area (Å²) in [6, 6.07) is 10.1. The normalized spacial score (nSPS) is 13.0. The molecule has 3 rings (SSSR count). The number of allylic oxidation sites excluding steroid dienone is 1. The van der Waals surface area contributed by atoms with Gasteiger partial charge in [-0.1, -0.05) is 35.9 Å². The highest BCUT2D eigenvalue weighted by Gasteiger charge is 2.20. The van der Waals surface area contributed by atoms with Crippen LogP contribution >= 0.6 is 11.6 Å². The lowest BCUT2D eigenvalue weighted by Gasteiger charge is -2.19. The van der Waals surface area contributed by atoms with Gasteiger partial charge >= 0.3 is 0 Å². The van der Waals surface area contributed by atoms with Crippen LogP contribution in [-0.2, 0) is 6.42 Å². The second kappa shape index (κ2) is 6.45. The maximum absolute atomic E-state index is 14.4. The van der Waals surface area contributed by atoms with Gasteiger partial charge in [-0.2, -0.15) is 4.99 Å². The number of guanidine groups is 1. The summed E-state index contributed by atoms with van der Waals surface area (Å²) in [6.45, 7) is 0. The summed E-state index contributed by atoms with van der Waals surface area (Å²) in [5, 5.41) is 0.0632. The fourth-order valence-electron chi connectivity index (χ4n) is 2.81. The van der Waals surface area contributed by atoms with E-state index in [1.807, 2.05) is 12.1 Å². The summed E-state index contributed by atoms with van der Waals surface area (Å²) in [5.41, 5.74) is 13.8. The zero-order valence-corrected chi connectivity index (χ0v) is 13.5. The maximum Gasteiger partial charge on any atom is 0.280 e. The third-order valence-electron chi connectivity index (χ3n) is 3.88. The number of nitrogens with zero attached hydrogens (tertiary/aromatic N) is 1. The van der Waals surface area contributed by atoms with Crippen molar-refractivity contribution in [1.82, 2.24) is 0 Å². The molecule has 0 radical (unpaired) electrons. The minimum Gasteiger partial charge on any atom is -0.370 e. The molecule has 1 aliphatic rings.